The van der Waals surface area contributed by atoms with Gasteiger partial charge in [-0.2, -0.15) is 0 Å². The number of carboxylic acid groups (broad SMARTS) is 1. The molecule has 0 aromatic heterocycles. The molecule has 82 valence electrons. The monoisotopic (exact) mass is 208 g/mol. The van der Waals surface area contributed by atoms with Crippen molar-refractivity contribution in [3.63, 3.8) is 0 Å². The molecule has 0 heterocycles. The first-order valence-electron chi connectivity index (χ1n) is 4.93. The lowest BCUT2D eigenvalue weighted by atomic mass is 9.93. The maximum absolute atomic E-state index is 10.7. The molecule has 0 bridgehead atoms. The van der Waals surface area contributed by atoms with Crippen molar-refractivity contribution in [2.75, 3.05) is 0 Å². The molecule has 1 aromatic carbocycles. The van der Waals surface area contributed by atoms with Crippen LogP contribution in [0.5, 0.6) is 5.75 Å². The third-order valence-corrected chi connectivity index (χ3v) is 2.61. The Balaban J connectivity index is 3.00. The van der Waals surface area contributed by atoms with Gasteiger partial charge in [0.1, 0.15) is 5.75 Å². The highest BCUT2D eigenvalue weighted by Crippen LogP contribution is 2.23. The molecule has 0 spiro atoms. The van der Waals surface area contributed by atoms with E-state index in [9.17, 15) is 9.90 Å². The zero-order valence-electron chi connectivity index (χ0n) is 9.24. The van der Waals surface area contributed by atoms with Gasteiger partial charge in [0.15, 0.2) is 0 Å². The predicted octanol–water partition coefficient (Wildman–Crippen LogP) is 2.27. The van der Waals surface area contributed by atoms with Crippen molar-refractivity contribution in [2.45, 2.75) is 27.2 Å². The molecule has 1 rings (SSSR count). The van der Waals surface area contributed by atoms with Gasteiger partial charge in [-0.15, -0.1) is 0 Å². The molecule has 0 unspecified atom stereocenters. The highest BCUT2D eigenvalue weighted by molar-refractivity contribution is 5.70. The second-order valence-corrected chi connectivity index (χ2v) is 4.00. The summed E-state index contributed by atoms with van der Waals surface area (Å²) in [5.74, 6) is -0.953. The summed E-state index contributed by atoms with van der Waals surface area (Å²) in [5, 5.41) is 18.2. The Morgan fingerprint density at radius 2 is 1.80 bits per heavy atom. The molecule has 1 aromatic rings. The number of phenolic OH excluding ortho intramolecular Hbond substituents is 1. The van der Waals surface area contributed by atoms with E-state index in [0.717, 1.165) is 16.7 Å². The van der Waals surface area contributed by atoms with Gasteiger partial charge in [-0.3, -0.25) is 4.79 Å². The third-order valence-electron chi connectivity index (χ3n) is 2.61. The van der Waals surface area contributed by atoms with Crippen molar-refractivity contribution in [3.05, 3.63) is 28.8 Å². The van der Waals surface area contributed by atoms with E-state index >= 15 is 0 Å². The van der Waals surface area contributed by atoms with E-state index in [1.54, 1.807) is 19.1 Å². The summed E-state index contributed by atoms with van der Waals surface area (Å²) in [5.41, 5.74) is 2.91. The number of hydrogen-bond acceptors (Lipinski definition) is 2. The summed E-state index contributed by atoms with van der Waals surface area (Å²) in [7, 11) is 0. The molecular weight excluding hydrogens is 192 g/mol. The summed E-state index contributed by atoms with van der Waals surface area (Å²) in [6.07, 6.45) is 0.507. The summed E-state index contributed by atoms with van der Waals surface area (Å²) in [6, 6.07) is 3.33. The van der Waals surface area contributed by atoms with E-state index in [0.29, 0.717) is 6.42 Å². The van der Waals surface area contributed by atoms with E-state index in [1.807, 2.05) is 13.8 Å². The van der Waals surface area contributed by atoms with Crippen LogP contribution >= 0.6 is 0 Å². The Labute approximate surface area is 89.4 Å². The number of carbonyl (C=O) groups is 1. The lowest BCUT2D eigenvalue weighted by Crippen LogP contribution is -2.13. The van der Waals surface area contributed by atoms with Gasteiger partial charge in [-0.05, 0) is 49.1 Å². The first kappa shape index (κ1) is 11.6. The van der Waals surface area contributed by atoms with E-state index in [-0.39, 0.29) is 5.75 Å². The molecule has 0 saturated heterocycles. The van der Waals surface area contributed by atoms with Gasteiger partial charge in [-0.1, -0.05) is 6.92 Å². The smallest absolute Gasteiger partial charge is 0.306 e. The molecule has 1 atom stereocenters. The number of hydrogen-bond donors (Lipinski definition) is 2. The van der Waals surface area contributed by atoms with Crippen molar-refractivity contribution in [1.82, 2.24) is 0 Å². The lowest BCUT2D eigenvalue weighted by Gasteiger charge is -2.12. The second kappa shape index (κ2) is 4.34. The fourth-order valence-corrected chi connectivity index (χ4v) is 1.69. The quantitative estimate of drug-likeness (QED) is 0.801. The van der Waals surface area contributed by atoms with Crippen LogP contribution < -0.4 is 0 Å². The summed E-state index contributed by atoms with van der Waals surface area (Å²) < 4.78 is 0. The van der Waals surface area contributed by atoms with Gasteiger partial charge < -0.3 is 10.2 Å². The van der Waals surface area contributed by atoms with Crippen LogP contribution in [-0.4, -0.2) is 16.2 Å². The van der Waals surface area contributed by atoms with Gasteiger partial charge in [0.05, 0.1) is 5.92 Å². The van der Waals surface area contributed by atoms with E-state index in [4.69, 9.17) is 5.11 Å². The zero-order valence-corrected chi connectivity index (χ0v) is 9.24. The Morgan fingerprint density at radius 3 is 2.20 bits per heavy atom. The molecule has 0 aliphatic carbocycles. The Morgan fingerprint density at radius 1 is 1.33 bits per heavy atom. The Bertz CT molecular complexity index is 359. The Hall–Kier alpha value is -1.51. The Kier molecular flexibility index (Phi) is 3.35. The highest BCUT2D eigenvalue weighted by Gasteiger charge is 2.14. The van der Waals surface area contributed by atoms with Gasteiger partial charge >= 0.3 is 5.97 Å². The topological polar surface area (TPSA) is 57.5 Å². The van der Waals surface area contributed by atoms with E-state index < -0.39 is 11.9 Å². The first-order chi connectivity index (χ1) is 6.91. The normalized spacial score (nSPS) is 12.5. The number of aliphatic carboxylic acids is 1. The van der Waals surface area contributed by atoms with E-state index in [2.05, 4.69) is 0 Å². The molecule has 15 heavy (non-hydrogen) atoms. The van der Waals surface area contributed by atoms with Crippen molar-refractivity contribution in [1.29, 1.82) is 0 Å². The van der Waals surface area contributed by atoms with Crippen LogP contribution in [0.2, 0.25) is 0 Å². The number of phenols is 1. The summed E-state index contributed by atoms with van der Waals surface area (Å²) >= 11 is 0. The number of rotatable bonds is 3. The summed E-state index contributed by atoms with van der Waals surface area (Å²) in [6.45, 7) is 5.46. The van der Waals surface area contributed by atoms with E-state index in [1.165, 1.54) is 0 Å². The van der Waals surface area contributed by atoms with Crippen LogP contribution in [-0.2, 0) is 11.2 Å². The average Bonchev–Trinajstić information content (AvgIpc) is 2.10. The minimum atomic E-state index is -0.790. The van der Waals surface area contributed by atoms with Crippen LogP contribution in [0.1, 0.15) is 23.6 Å². The summed E-state index contributed by atoms with van der Waals surface area (Å²) in [4.78, 5) is 10.7. The van der Waals surface area contributed by atoms with Crippen molar-refractivity contribution in [3.8, 4) is 5.75 Å². The van der Waals surface area contributed by atoms with Gasteiger partial charge in [0.2, 0.25) is 0 Å². The molecule has 3 heteroatoms. The second-order valence-electron chi connectivity index (χ2n) is 4.00. The van der Waals surface area contributed by atoms with Crippen LogP contribution in [0.3, 0.4) is 0 Å². The zero-order chi connectivity index (χ0) is 11.6. The number of aryl methyl sites for hydroxylation is 2. The first-order valence-corrected chi connectivity index (χ1v) is 4.93. The molecule has 3 nitrogen and oxygen atoms in total. The molecule has 0 fully saturated rings. The molecule has 0 radical (unpaired) electrons. The lowest BCUT2D eigenvalue weighted by molar-refractivity contribution is -0.141. The number of aromatic hydroxyl groups is 1. The van der Waals surface area contributed by atoms with Crippen molar-refractivity contribution < 1.29 is 15.0 Å². The van der Waals surface area contributed by atoms with Gasteiger partial charge in [-0.25, -0.2) is 0 Å². The van der Waals surface area contributed by atoms with Crippen LogP contribution in [0.4, 0.5) is 0 Å². The molecule has 0 amide bonds. The molecule has 0 saturated carbocycles. The van der Waals surface area contributed by atoms with Crippen LogP contribution in [0.25, 0.3) is 0 Å². The maximum Gasteiger partial charge on any atom is 0.306 e. The minimum absolute atomic E-state index is 0.233. The fourth-order valence-electron chi connectivity index (χ4n) is 1.69. The fraction of sp³-hybridized carbons (Fsp3) is 0.417. The molecule has 2 N–H and O–H groups in total. The highest BCUT2D eigenvalue weighted by atomic mass is 16.4. The van der Waals surface area contributed by atoms with Crippen molar-refractivity contribution in [2.24, 2.45) is 5.92 Å². The maximum atomic E-state index is 10.7. The SMILES string of the molecule is Cc1cc(O)cc(C)c1C[C@H](C)C(=O)O. The third kappa shape index (κ3) is 2.72. The van der Waals surface area contributed by atoms with Crippen molar-refractivity contribution >= 4 is 5.97 Å². The largest absolute Gasteiger partial charge is 0.508 e. The molecule has 0 aliphatic heterocycles. The van der Waals surface area contributed by atoms with Gasteiger partial charge in [0, 0.05) is 0 Å². The minimum Gasteiger partial charge on any atom is -0.508 e. The standard InChI is InChI=1S/C12H16O3/c1-7-4-10(13)5-8(2)11(7)6-9(3)12(14)15/h4-5,9,13H,6H2,1-3H3,(H,14,15)/t9-/m0/s1. The molecule has 0 aliphatic rings. The van der Waals surface area contributed by atoms with Crippen LogP contribution in [0.15, 0.2) is 12.1 Å². The molecular formula is C12H16O3. The predicted molar refractivity (Wildman–Crippen MR) is 58.1 cm³/mol. The number of carboxylic acids is 1. The van der Waals surface area contributed by atoms with Crippen LogP contribution in [0, 0.1) is 19.8 Å². The van der Waals surface area contributed by atoms with Gasteiger partial charge in [0.25, 0.3) is 0 Å². The average molecular weight is 208 g/mol. The number of benzene rings is 1.